The highest BCUT2D eigenvalue weighted by molar-refractivity contribution is 7.92. The Bertz CT molecular complexity index is 289. The van der Waals surface area contributed by atoms with E-state index in [1.54, 1.807) is 6.92 Å². The number of aliphatic hydroxyl groups excluding tert-OH is 1. The second-order valence-corrected chi connectivity index (χ2v) is 6.03. The smallest absolute Gasteiger partial charge is 0.337 e. The first-order chi connectivity index (χ1) is 6.35. The number of sulfone groups is 1. The fourth-order valence-electron chi connectivity index (χ4n) is 1.70. The van der Waals surface area contributed by atoms with Crippen molar-refractivity contribution in [1.29, 1.82) is 0 Å². The number of aliphatic hydroxyl groups is 1. The predicted molar refractivity (Wildman–Crippen MR) is 47.7 cm³/mol. The molecule has 1 saturated carbocycles. The average molecular weight is 228 g/mol. The third-order valence-corrected chi connectivity index (χ3v) is 4.67. The summed E-state index contributed by atoms with van der Waals surface area (Å²) < 4.78 is 46.5. The summed E-state index contributed by atoms with van der Waals surface area (Å²) in [6.45, 7) is 1.79. The SMILES string of the molecule is C[C@@H]1CCC(S(=O)(=O)C(F)F)C[C@H]1O. The van der Waals surface area contributed by atoms with Crippen LogP contribution in [0.3, 0.4) is 0 Å². The first kappa shape index (κ1) is 11.8. The third-order valence-electron chi connectivity index (χ3n) is 2.82. The summed E-state index contributed by atoms with van der Waals surface area (Å²) in [7, 11) is -4.35. The standard InChI is InChI=1S/C8H14F2O3S/c1-5-2-3-6(4-7(5)11)14(12,13)8(9)10/h5-8,11H,2-4H2,1H3/t5-,6?,7-/m1/s1. The maximum absolute atomic E-state index is 12.2. The van der Waals surface area contributed by atoms with Gasteiger partial charge in [0.2, 0.25) is 9.84 Å². The zero-order chi connectivity index (χ0) is 10.9. The van der Waals surface area contributed by atoms with Crippen LogP contribution in [0.2, 0.25) is 0 Å². The van der Waals surface area contributed by atoms with Crippen molar-refractivity contribution >= 4 is 9.84 Å². The number of rotatable bonds is 2. The number of hydrogen-bond acceptors (Lipinski definition) is 3. The Kier molecular flexibility index (Phi) is 3.47. The van der Waals surface area contributed by atoms with Gasteiger partial charge in [-0.2, -0.15) is 8.78 Å². The van der Waals surface area contributed by atoms with E-state index in [1.165, 1.54) is 0 Å². The average Bonchev–Trinajstić information content (AvgIpc) is 2.09. The van der Waals surface area contributed by atoms with Gasteiger partial charge in [-0.25, -0.2) is 8.42 Å². The first-order valence-electron chi connectivity index (χ1n) is 4.54. The van der Waals surface area contributed by atoms with Crippen LogP contribution in [0.4, 0.5) is 8.78 Å². The van der Waals surface area contributed by atoms with Crippen LogP contribution < -0.4 is 0 Å². The molecule has 0 aromatic heterocycles. The Morgan fingerprint density at radius 3 is 2.36 bits per heavy atom. The zero-order valence-corrected chi connectivity index (χ0v) is 8.68. The molecule has 0 amide bonds. The molecule has 0 bridgehead atoms. The van der Waals surface area contributed by atoms with E-state index in [0.29, 0.717) is 6.42 Å². The van der Waals surface area contributed by atoms with Gasteiger partial charge in [0, 0.05) is 0 Å². The number of alkyl halides is 2. The van der Waals surface area contributed by atoms with Gasteiger partial charge >= 0.3 is 5.76 Å². The molecule has 0 aliphatic heterocycles. The van der Waals surface area contributed by atoms with Crippen molar-refractivity contribution in [2.24, 2.45) is 5.92 Å². The van der Waals surface area contributed by atoms with E-state index < -0.39 is 26.9 Å². The molecule has 6 heteroatoms. The molecule has 1 aliphatic carbocycles. The summed E-state index contributed by atoms with van der Waals surface area (Å²) in [4.78, 5) is 0. The van der Waals surface area contributed by atoms with Gasteiger partial charge in [0.15, 0.2) is 0 Å². The molecule has 3 atom stereocenters. The number of hydrogen-bond donors (Lipinski definition) is 1. The molecule has 0 radical (unpaired) electrons. The van der Waals surface area contributed by atoms with Crippen molar-refractivity contribution in [1.82, 2.24) is 0 Å². The molecule has 1 aliphatic rings. The lowest BCUT2D eigenvalue weighted by atomic mass is 9.88. The summed E-state index contributed by atoms with van der Waals surface area (Å²) in [6, 6.07) is 0. The lowest BCUT2D eigenvalue weighted by Gasteiger charge is -2.30. The van der Waals surface area contributed by atoms with E-state index in [0.717, 1.165) is 0 Å². The van der Waals surface area contributed by atoms with Crippen molar-refractivity contribution in [3.05, 3.63) is 0 Å². The van der Waals surface area contributed by atoms with E-state index in [1.807, 2.05) is 0 Å². The molecule has 0 spiro atoms. The van der Waals surface area contributed by atoms with Crippen LogP contribution in [-0.2, 0) is 9.84 Å². The van der Waals surface area contributed by atoms with Gasteiger partial charge in [-0.1, -0.05) is 6.92 Å². The summed E-state index contributed by atoms with van der Waals surface area (Å²) in [5.74, 6) is -3.33. The maximum Gasteiger partial charge on any atom is 0.337 e. The minimum absolute atomic E-state index is 0.000813. The van der Waals surface area contributed by atoms with Crippen molar-refractivity contribution in [2.45, 2.75) is 43.3 Å². The summed E-state index contributed by atoms with van der Waals surface area (Å²) in [6.07, 6.45) is -0.126. The molecular formula is C8H14F2O3S. The largest absolute Gasteiger partial charge is 0.393 e. The molecular weight excluding hydrogens is 214 g/mol. The predicted octanol–water partition coefficient (Wildman–Crippen LogP) is 1.17. The summed E-state index contributed by atoms with van der Waals surface area (Å²) >= 11 is 0. The monoisotopic (exact) mass is 228 g/mol. The van der Waals surface area contributed by atoms with Gasteiger partial charge in [-0.05, 0) is 25.2 Å². The van der Waals surface area contributed by atoms with Gasteiger partial charge in [-0.15, -0.1) is 0 Å². The Labute approximate surface area is 82.0 Å². The Hall–Kier alpha value is -0.230. The maximum atomic E-state index is 12.2. The lowest BCUT2D eigenvalue weighted by molar-refractivity contribution is 0.0794. The third kappa shape index (κ3) is 2.23. The van der Waals surface area contributed by atoms with Crippen LogP contribution in [0.15, 0.2) is 0 Å². The van der Waals surface area contributed by atoms with E-state index >= 15 is 0 Å². The lowest BCUT2D eigenvalue weighted by Crippen LogP contribution is -2.37. The van der Waals surface area contributed by atoms with Gasteiger partial charge in [0.1, 0.15) is 0 Å². The van der Waals surface area contributed by atoms with E-state index in [-0.39, 0.29) is 18.8 Å². The fourth-order valence-corrected chi connectivity index (χ4v) is 2.93. The molecule has 0 aromatic rings. The van der Waals surface area contributed by atoms with Crippen LogP contribution in [0.1, 0.15) is 26.2 Å². The van der Waals surface area contributed by atoms with Gasteiger partial charge in [0.05, 0.1) is 11.4 Å². The van der Waals surface area contributed by atoms with Crippen molar-refractivity contribution < 1.29 is 22.3 Å². The molecule has 1 N–H and O–H groups in total. The van der Waals surface area contributed by atoms with Crippen LogP contribution in [0.25, 0.3) is 0 Å². The second kappa shape index (κ2) is 4.10. The van der Waals surface area contributed by atoms with Crippen LogP contribution in [0.5, 0.6) is 0 Å². The van der Waals surface area contributed by atoms with Gasteiger partial charge in [-0.3, -0.25) is 0 Å². The summed E-state index contributed by atoms with van der Waals surface area (Å²) in [5.41, 5.74) is 0. The molecule has 84 valence electrons. The van der Waals surface area contributed by atoms with Crippen LogP contribution in [0, 0.1) is 5.92 Å². The van der Waals surface area contributed by atoms with Gasteiger partial charge in [0.25, 0.3) is 0 Å². The first-order valence-corrected chi connectivity index (χ1v) is 6.15. The molecule has 3 nitrogen and oxygen atoms in total. The fraction of sp³-hybridized carbons (Fsp3) is 1.00. The van der Waals surface area contributed by atoms with Gasteiger partial charge < -0.3 is 5.11 Å². The summed E-state index contributed by atoms with van der Waals surface area (Å²) in [5, 5.41) is 8.31. The minimum atomic E-state index is -4.35. The normalized spacial score (nSPS) is 34.8. The molecule has 1 fully saturated rings. The van der Waals surface area contributed by atoms with Crippen molar-refractivity contribution in [3.8, 4) is 0 Å². The molecule has 1 unspecified atom stereocenters. The zero-order valence-electron chi connectivity index (χ0n) is 7.86. The molecule has 14 heavy (non-hydrogen) atoms. The van der Waals surface area contributed by atoms with Crippen LogP contribution >= 0.6 is 0 Å². The molecule has 0 aromatic carbocycles. The molecule has 1 rings (SSSR count). The minimum Gasteiger partial charge on any atom is -0.393 e. The van der Waals surface area contributed by atoms with E-state index in [2.05, 4.69) is 0 Å². The Morgan fingerprint density at radius 2 is 1.93 bits per heavy atom. The Balaban J connectivity index is 2.73. The highest BCUT2D eigenvalue weighted by Crippen LogP contribution is 2.30. The number of halogens is 2. The Morgan fingerprint density at radius 1 is 1.36 bits per heavy atom. The second-order valence-electron chi connectivity index (χ2n) is 3.83. The quantitative estimate of drug-likeness (QED) is 0.772. The highest BCUT2D eigenvalue weighted by Gasteiger charge is 2.39. The van der Waals surface area contributed by atoms with Crippen LogP contribution in [-0.4, -0.2) is 30.6 Å². The molecule has 0 heterocycles. The highest BCUT2D eigenvalue weighted by atomic mass is 32.2. The van der Waals surface area contributed by atoms with E-state index in [9.17, 15) is 22.3 Å². The van der Waals surface area contributed by atoms with Crippen molar-refractivity contribution in [2.75, 3.05) is 0 Å². The van der Waals surface area contributed by atoms with E-state index in [4.69, 9.17) is 0 Å². The van der Waals surface area contributed by atoms with Crippen molar-refractivity contribution in [3.63, 3.8) is 0 Å². The topological polar surface area (TPSA) is 54.4 Å². The molecule has 0 saturated heterocycles.